The maximum absolute atomic E-state index is 12.3. The minimum Gasteiger partial charge on any atom is -0.497 e. The van der Waals surface area contributed by atoms with Crippen LogP contribution in [0.4, 0.5) is 0 Å². The van der Waals surface area contributed by atoms with Crippen molar-refractivity contribution in [1.82, 2.24) is 4.98 Å². The first-order chi connectivity index (χ1) is 16.3. The number of aromatic amines is 1. The van der Waals surface area contributed by atoms with Gasteiger partial charge in [-0.1, -0.05) is 6.07 Å². The molecule has 0 atom stereocenters. The van der Waals surface area contributed by atoms with E-state index in [2.05, 4.69) is 11.1 Å². The van der Waals surface area contributed by atoms with Crippen LogP contribution in [0.15, 0.2) is 51.7 Å². The van der Waals surface area contributed by atoms with E-state index in [9.17, 15) is 9.59 Å². The molecule has 0 aliphatic rings. The number of hydrogen-bond acceptors (Lipinski definition) is 5. The van der Waals surface area contributed by atoms with E-state index in [1.807, 2.05) is 38.1 Å². The predicted octanol–water partition coefficient (Wildman–Crippen LogP) is 5.86. The summed E-state index contributed by atoms with van der Waals surface area (Å²) in [5.41, 5.74) is 6.34. The summed E-state index contributed by atoms with van der Waals surface area (Å²) < 4.78 is 17.6. The van der Waals surface area contributed by atoms with Crippen LogP contribution in [0.25, 0.3) is 44.0 Å². The number of methoxy groups -OCH3 is 2. The van der Waals surface area contributed by atoms with Crippen molar-refractivity contribution in [3.05, 3.63) is 69.5 Å². The van der Waals surface area contributed by atoms with E-state index in [1.165, 1.54) is 6.07 Å². The number of ether oxygens (including phenoxy) is 2. The molecule has 34 heavy (non-hydrogen) atoms. The molecule has 0 spiro atoms. The molecule has 0 radical (unpaired) electrons. The van der Waals surface area contributed by atoms with E-state index in [1.54, 1.807) is 27.2 Å². The zero-order valence-electron chi connectivity index (χ0n) is 19.8. The van der Waals surface area contributed by atoms with Crippen LogP contribution in [-0.4, -0.2) is 25.0 Å². The van der Waals surface area contributed by atoms with Gasteiger partial charge in [0.1, 0.15) is 28.4 Å². The molecule has 5 rings (SSSR count). The van der Waals surface area contributed by atoms with Gasteiger partial charge in [0.15, 0.2) is 5.43 Å². The first kappa shape index (κ1) is 21.8. The van der Waals surface area contributed by atoms with Gasteiger partial charge in [0.2, 0.25) is 0 Å². The number of aromatic nitrogens is 1. The fraction of sp³-hybridized carbons (Fsp3) is 0.214. The molecule has 172 valence electrons. The lowest BCUT2D eigenvalue weighted by molar-refractivity contribution is -0.116. The Bertz CT molecular complexity index is 1670. The number of carbonyl (C=O) groups excluding carboxylic acids is 1. The van der Waals surface area contributed by atoms with Gasteiger partial charge in [0.25, 0.3) is 0 Å². The number of pyridine rings is 1. The number of H-pyrrole nitrogens is 1. The van der Waals surface area contributed by atoms with Crippen molar-refractivity contribution in [1.29, 1.82) is 0 Å². The van der Waals surface area contributed by atoms with Gasteiger partial charge < -0.3 is 18.9 Å². The van der Waals surface area contributed by atoms with Gasteiger partial charge in [-0.15, -0.1) is 0 Å². The lowest BCUT2D eigenvalue weighted by Crippen LogP contribution is -2.03. The Kier molecular flexibility index (Phi) is 5.16. The summed E-state index contributed by atoms with van der Waals surface area (Å²) >= 11 is 0. The van der Waals surface area contributed by atoms with Gasteiger partial charge in [0, 0.05) is 40.6 Å². The third-order valence-corrected chi connectivity index (χ3v) is 6.09. The number of carbonyl (C=O) groups is 1. The summed E-state index contributed by atoms with van der Waals surface area (Å²) in [5, 5.41) is 2.53. The standard InChI is InChI=1S/C28H25NO5/c1-14-6-21(25-18(9-16(3)30)11-20(32-4)13-22(25)33-5)27-23(7-14)34-24-12-19(31)10-17-8-15(2)29-28(27)26(17)24/h6-8,10-13,29H,9H2,1-5H3. The topological polar surface area (TPSA) is 81.5 Å². The number of nitrogens with one attached hydrogen (secondary N) is 1. The minimum absolute atomic E-state index is 0.0344. The second-order valence-corrected chi connectivity index (χ2v) is 8.74. The predicted molar refractivity (Wildman–Crippen MR) is 134 cm³/mol. The van der Waals surface area contributed by atoms with Crippen LogP contribution in [0.1, 0.15) is 23.7 Å². The normalized spacial score (nSPS) is 11.4. The zero-order valence-corrected chi connectivity index (χ0v) is 19.8. The van der Waals surface area contributed by atoms with Crippen molar-refractivity contribution in [3.8, 4) is 22.6 Å². The molecule has 0 bridgehead atoms. The van der Waals surface area contributed by atoms with Crippen molar-refractivity contribution in [3.63, 3.8) is 0 Å². The molecular formula is C28H25NO5. The molecule has 6 heteroatoms. The smallest absolute Gasteiger partial charge is 0.182 e. The van der Waals surface area contributed by atoms with Crippen LogP contribution >= 0.6 is 0 Å². The Morgan fingerprint density at radius 3 is 2.41 bits per heavy atom. The monoisotopic (exact) mass is 455 g/mol. The molecule has 5 aromatic rings. The van der Waals surface area contributed by atoms with E-state index >= 15 is 0 Å². The maximum Gasteiger partial charge on any atom is 0.182 e. The quantitative estimate of drug-likeness (QED) is 0.265. The Morgan fingerprint density at radius 1 is 0.941 bits per heavy atom. The molecule has 0 aliphatic heterocycles. The average molecular weight is 456 g/mol. The Morgan fingerprint density at radius 2 is 1.71 bits per heavy atom. The number of fused-ring (bicyclic) bond motifs is 2. The second-order valence-electron chi connectivity index (χ2n) is 8.74. The highest BCUT2D eigenvalue weighted by atomic mass is 16.5. The molecule has 1 N–H and O–H groups in total. The minimum atomic E-state index is -0.101. The Labute approximate surface area is 196 Å². The van der Waals surface area contributed by atoms with Crippen LogP contribution in [0.3, 0.4) is 0 Å². The largest absolute Gasteiger partial charge is 0.497 e. The molecule has 6 nitrogen and oxygen atoms in total. The van der Waals surface area contributed by atoms with Gasteiger partial charge in [-0.2, -0.15) is 0 Å². The van der Waals surface area contributed by atoms with Gasteiger partial charge in [0.05, 0.1) is 19.7 Å². The number of hydrogen-bond donors (Lipinski definition) is 1. The summed E-state index contributed by atoms with van der Waals surface area (Å²) in [4.78, 5) is 28.0. The number of aryl methyl sites for hydroxylation is 2. The van der Waals surface area contributed by atoms with E-state index in [0.29, 0.717) is 22.7 Å². The molecule has 2 aromatic heterocycles. The highest BCUT2D eigenvalue weighted by Crippen LogP contribution is 2.44. The summed E-state index contributed by atoms with van der Waals surface area (Å²) in [5.74, 6) is 1.26. The highest BCUT2D eigenvalue weighted by Gasteiger charge is 2.22. The average Bonchev–Trinajstić information content (AvgIpc) is 2.76. The molecule has 2 heterocycles. The third-order valence-electron chi connectivity index (χ3n) is 6.09. The molecule has 0 saturated heterocycles. The van der Waals surface area contributed by atoms with Gasteiger partial charge in [-0.3, -0.25) is 9.59 Å². The van der Waals surface area contributed by atoms with Crippen LogP contribution in [0, 0.1) is 13.8 Å². The van der Waals surface area contributed by atoms with Crippen molar-refractivity contribution in [2.45, 2.75) is 27.2 Å². The molecule has 0 saturated carbocycles. The lowest BCUT2D eigenvalue weighted by atomic mass is 9.90. The Hall–Kier alpha value is -4.06. The van der Waals surface area contributed by atoms with Gasteiger partial charge in [-0.25, -0.2) is 0 Å². The first-order valence-corrected chi connectivity index (χ1v) is 11.0. The van der Waals surface area contributed by atoms with Crippen LogP contribution in [0.2, 0.25) is 0 Å². The molecule has 0 aliphatic carbocycles. The molecule has 0 unspecified atom stereocenters. The highest BCUT2D eigenvalue weighted by molar-refractivity contribution is 6.20. The zero-order chi connectivity index (χ0) is 24.1. The van der Waals surface area contributed by atoms with Crippen LogP contribution in [0.5, 0.6) is 11.5 Å². The fourth-order valence-electron chi connectivity index (χ4n) is 4.83. The third kappa shape index (κ3) is 3.52. The van der Waals surface area contributed by atoms with Crippen LogP contribution < -0.4 is 14.9 Å². The molecular weight excluding hydrogens is 430 g/mol. The second kappa shape index (κ2) is 8.06. The van der Waals surface area contributed by atoms with Gasteiger partial charge in [-0.05, 0) is 67.1 Å². The van der Waals surface area contributed by atoms with Crippen LogP contribution in [-0.2, 0) is 11.2 Å². The molecule has 0 amide bonds. The van der Waals surface area contributed by atoms with Crippen molar-refractivity contribution in [2.75, 3.05) is 14.2 Å². The summed E-state index contributed by atoms with van der Waals surface area (Å²) in [6, 6.07) is 12.8. The van der Waals surface area contributed by atoms with E-state index in [0.717, 1.165) is 49.6 Å². The lowest BCUT2D eigenvalue weighted by Gasteiger charge is -2.19. The number of ketones is 1. The van der Waals surface area contributed by atoms with Crippen molar-refractivity contribution < 1.29 is 18.7 Å². The number of Topliss-reactive ketones (excluding diaryl/α,β-unsaturated/α-hetero) is 1. The van der Waals surface area contributed by atoms with Crippen molar-refractivity contribution >= 4 is 38.6 Å². The molecule has 3 aromatic carbocycles. The summed E-state index contributed by atoms with van der Waals surface area (Å²) in [7, 11) is 3.20. The first-order valence-electron chi connectivity index (χ1n) is 11.0. The SMILES string of the molecule is COc1cc(CC(C)=O)c(-c2cc(C)cc3oc4cc(=O)cc5cc(C)[nH]c(c23)c54)c(OC)c1. The maximum atomic E-state index is 12.3. The fourth-order valence-corrected chi connectivity index (χ4v) is 4.83. The summed E-state index contributed by atoms with van der Waals surface area (Å²) in [6.45, 7) is 5.52. The molecule has 0 fully saturated rings. The van der Waals surface area contributed by atoms with E-state index in [4.69, 9.17) is 13.9 Å². The van der Waals surface area contributed by atoms with Crippen molar-refractivity contribution in [2.24, 2.45) is 0 Å². The van der Waals surface area contributed by atoms with Gasteiger partial charge >= 0.3 is 0 Å². The number of benzene rings is 3. The van der Waals surface area contributed by atoms with E-state index < -0.39 is 0 Å². The van der Waals surface area contributed by atoms with E-state index in [-0.39, 0.29) is 17.6 Å². The number of rotatable bonds is 5. The summed E-state index contributed by atoms with van der Waals surface area (Å²) in [6.07, 6.45) is 0.232. The Balaban J connectivity index is 2.01.